The molecule has 0 saturated carbocycles. The van der Waals surface area contributed by atoms with Crippen LogP contribution in [0.4, 0.5) is 34.0 Å². The second-order valence-electron chi connectivity index (χ2n) is 19.5. The number of alkyl halides is 3. The summed E-state index contributed by atoms with van der Waals surface area (Å²) >= 11 is 6.68. The first kappa shape index (κ1) is 52.0. The monoisotopic (exact) mass is 1070 g/mol. The molecule has 2 aromatic carbocycles. The van der Waals surface area contributed by atoms with E-state index in [4.69, 9.17) is 41.5 Å². The van der Waals surface area contributed by atoms with E-state index >= 15 is 4.39 Å². The summed E-state index contributed by atoms with van der Waals surface area (Å²) in [6.45, 7) is 8.18. The number of carbonyl (C=O) groups is 3. The summed E-state index contributed by atoms with van der Waals surface area (Å²) in [5, 5.41) is 14.3. The molecule has 2 fully saturated rings. The van der Waals surface area contributed by atoms with E-state index in [1.807, 2.05) is 25.8 Å². The van der Waals surface area contributed by atoms with Crippen molar-refractivity contribution in [3.05, 3.63) is 103 Å². The van der Waals surface area contributed by atoms with Crippen molar-refractivity contribution in [2.75, 3.05) is 57.0 Å². The van der Waals surface area contributed by atoms with Gasteiger partial charge in [0, 0.05) is 66.2 Å². The molecule has 3 atom stereocenters. The van der Waals surface area contributed by atoms with Gasteiger partial charge >= 0.3 is 24.2 Å². The van der Waals surface area contributed by atoms with Gasteiger partial charge in [-0.1, -0.05) is 31.5 Å². The van der Waals surface area contributed by atoms with Crippen molar-refractivity contribution in [1.82, 2.24) is 39.6 Å². The number of nitrogen functional groups attached to an aromatic ring is 1. The molecule has 4 aliphatic rings. The third-order valence-corrected chi connectivity index (χ3v) is 15.2. The third kappa shape index (κ3) is 9.18. The molecule has 6 aromatic rings. The van der Waals surface area contributed by atoms with Crippen molar-refractivity contribution in [3.8, 4) is 34.4 Å². The summed E-state index contributed by atoms with van der Waals surface area (Å²) in [7, 11) is 1.96. The Balaban J connectivity index is 0.823. The molecule has 398 valence electrons. The van der Waals surface area contributed by atoms with Crippen LogP contribution in [0.1, 0.15) is 73.4 Å². The van der Waals surface area contributed by atoms with Crippen LogP contribution < -0.4 is 31.0 Å². The Hall–Kier alpha value is -7.43. The van der Waals surface area contributed by atoms with Crippen molar-refractivity contribution in [1.29, 1.82) is 0 Å². The number of aliphatic hydroxyl groups is 1. The number of nitrogens with zero attached hydrogens (tertiary/aromatic N) is 8. The molecule has 0 aliphatic carbocycles. The van der Waals surface area contributed by atoms with Gasteiger partial charge in [0.15, 0.2) is 11.4 Å². The molecule has 0 bridgehead atoms. The number of ether oxygens (including phenoxy) is 3. The number of halogens is 5. The van der Waals surface area contributed by atoms with E-state index in [0.29, 0.717) is 28.7 Å². The molecule has 4 aromatic heterocycles. The number of fused-ring (bicyclic) bond motifs is 6. The topological polar surface area (TPSA) is 220 Å². The fourth-order valence-electron chi connectivity index (χ4n) is 10.9. The van der Waals surface area contributed by atoms with E-state index in [1.54, 1.807) is 40.7 Å². The van der Waals surface area contributed by atoms with Crippen LogP contribution in [0.25, 0.3) is 44.5 Å². The lowest BCUT2D eigenvalue weighted by atomic mass is 9.86. The highest BCUT2D eigenvalue weighted by atomic mass is 35.5. The Morgan fingerprint density at radius 2 is 1.83 bits per heavy atom. The molecular formula is C53H53ClF4N10O8. The second kappa shape index (κ2) is 19.9. The maximum atomic E-state index is 17.0. The van der Waals surface area contributed by atoms with E-state index in [2.05, 4.69) is 20.2 Å². The molecule has 4 aliphatic heterocycles. The summed E-state index contributed by atoms with van der Waals surface area (Å²) in [4.78, 5) is 76.4. The number of likely N-dealkylation sites (N-methyl/N-ethyl adjacent to an activating group) is 1. The molecule has 10 rings (SSSR count). The lowest BCUT2D eigenvalue weighted by Crippen LogP contribution is -2.53. The van der Waals surface area contributed by atoms with Crippen LogP contribution in [0.15, 0.2) is 53.3 Å². The number of amides is 2. The Kier molecular flexibility index (Phi) is 13.6. The Morgan fingerprint density at radius 3 is 2.54 bits per heavy atom. The maximum absolute atomic E-state index is 17.0. The molecule has 4 N–H and O–H groups in total. The number of pyridine rings is 3. The zero-order chi connectivity index (χ0) is 54.1. The number of cyclic esters (lactones) is 1. The molecule has 18 nitrogen and oxygen atoms in total. The largest absolute Gasteiger partial charge is 0.462 e. The van der Waals surface area contributed by atoms with Gasteiger partial charge in [0.25, 0.3) is 5.56 Å². The van der Waals surface area contributed by atoms with Gasteiger partial charge in [0.1, 0.15) is 36.1 Å². The normalized spacial score (nSPS) is 19.5. The van der Waals surface area contributed by atoms with Gasteiger partial charge in [0.05, 0.1) is 50.9 Å². The molecule has 0 radical (unpaired) electrons. The molecule has 8 heterocycles. The highest BCUT2D eigenvalue weighted by molar-refractivity contribution is 6.34. The van der Waals surface area contributed by atoms with Gasteiger partial charge < -0.3 is 49.6 Å². The molecular weight excluding hydrogens is 1020 g/mol. The smallest absolute Gasteiger partial charge is 0.418 e. The molecule has 23 heteroatoms. The lowest BCUT2D eigenvalue weighted by Gasteiger charge is -2.40. The number of nitrogens with two attached hydrogens (primary N) is 1. The van der Waals surface area contributed by atoms with Gasteiger partial charge in [-0.2, -0.15) is 23.1 Å². The average molecular weight is 1070 g/mol. The minimum absolute atomic E-state index is 0.0209. The van der Waals surface area contributed by atoms with Crippen LogP contribution in [0, 0.1) is 12.7 Å². The first-order chi connectivity index (χ1) is 36.2. The fourth-order valence-corrected chi connectivity index (χ4v) is 11.2. The minimum atomic E-state index is -4.93. The fraction of sp³-hybridized carbons (Fsp3) is 0.396. The van der Waals surface area contributed by atoms with E-state index in [9.17, 15) is 37.5 Å². The second-order valence-corrected chi connectivity index (χ2v) is 19.9. The summed E-state index contributed by atoms with van der Waals surface area (Å²) in [6.07, 6.45) is -0.524. The predicted molar refractivity (Wildman–Crippen MR) is 273 cm³/mol. The number of benzene rings is 2. The summed E-state index contributed by atoms with van der Waals surface area (Å²) in [6, 6.07) is 8.41. The minimum Gasteiger partial charge on any atom is -0.462 e. The van der Waals surface area contributed by atoms with Crippen molar-refractivity contribution in [2.24, 2.45) is 0 Å². The van der Waals surface area contributed by atoms with Crippen molar-refractivity contribution >= 4 is 63.0 Å². The highest BCUT2D eigenvalue weighted by Gasteiger charge is 2.46. The highest BCUT2D eigenvalue weighted by Crippen LogP contribution is 2.46. The number of hydrogen-bond donors (Lipinski definition) is 3. The standard InChI is InChI=1S/C53H53ClF4N10O8/c1-6-30-31-19-29(12-13-37(31)61-44-33(30)23-68-38(44)21-35-34(48(68)70)25-74-49(71)52(35,73)7-2)76-51(72)60-14-8-11-40(69)66-16-17-67(27(4)22-66)47-32-20-36(54)41(46-42(53(56,57)58)26(3)18-39(59)62-46)43(55)45(32)63-50(64-47)75-24-28-10-9-15-65(28)5/h8,11-13,18-21,27-28,73H,6-7,9-10,14-17,22-25H2,1-5H3,(H2,59,62)(H,60,72)/b11-8+/t27-,28-,52+/m1/s1. The number of esters is 1. The van der Waals surface area contributed by atoms with Gasteiger partial charge in [0.2, 0.25) is 5.91 Å². The predicted octanol–water partition coefficient (Wildman–Crippen LogP) is 7.20. The van der Waals surface area contributed by atoms with E-state index in [0.717, 1.165) is 36.6 Å². The van der Waals surface area contributed by atoms with E-state index in [-0.39, 0.29) is 126 Å². The number of aryl methyl sites for hydroxylation is 2. The number of aromatic nitrogens is 5. The van der Waals surface area contributed by atoms with E-state index < -0.39 is 52.5 Å². The maximum Gasteiger partial charge on any atom is 0.418 e. The SMILES string of the molecule is CCc1c2c(nc3ccc(OC(=O)NC/C=C/C(=O)N4CCN(c5nc(OC[C@H]6CCCN6C)nc6c(F)c(-c7nc(N)cc(C)c7C(F)(F)F)c(Cl)cc56)[C@H](C)C4)cc13)-c1cc3c(c(=O)n1C2)COC(=O)[C@]3(O)CC. The van der Waals surface area contributed by atoms with Crippen LogP contribution in [-0.4, -0.2) is 116 Å². The molecule has 2 saturated heterocycles. The van der Waals surface area contributed by atoms with Gasteiger partial charge in [-0.15, -0.1) is 0 Å². The Labute approximate surface area is 437 Å². The van der Waals surface area contributed by atoms with Crippen LogP contribution in [0.5, 0.6) is 11.8 Å². The lowest BCUT2D eigenvalue weighted by molar-refractivity contribution is -0.172. The zero-order valence-corrected chi connectivity index (χ0v) is 42.9. The number of piperazine rings is 1. The van der Waals surface area contributed by atoms with E-state index in [1.165, 1.54) is 25.1 Å². The summed E-state index contributed by atoms with van der Waals surface area (Å²) in [5.74, 6) is -2.15. The Morgan fingerprint density at radius 1 is 1.04 bits per heavy atom. The van der Waals surface area contributed by atoms with Crippen LogP contribution in [0.3, 0.4) is 0 Å². The van der Waals surface area contributed by atoms with Gasteiger partial charge in [-0.25, -0.2) is 23.9 Å². The zero-order valence-electron chi connectivity index (χ0n) is 42.1. The van der Waals surface area contributed by atoms with Gasteiger partial charge in [-0.3, -0.25) is 9.59 Å². The van der Waals surface area contributed by atoms with Crippen molar-refractivity contribution in [3.63, 3.8) is 0 Å². The molecule has 0 unspecified atom stereocenters. The first-order valence-corrected chi connectivity index (χ1v) is 25.3. The van der Waals surface area contributed by atoms with Crippen molar-refractivity contribution < 1.29 is 51.3 Å². The van der Waals surface area contributed by atoms with Crippen LogP contribution in [0.2, 0.25) is 5.02 Å². The molecule has 2 amide bonds. The van der Waals surface area contributed by atoms with Crippen molar-refractivity contribution in [2.45, 2.75) is 90.4 Å². The summed E-state index contributed by atoms with van der Waals surface area (Å²) < 4.78 is 78.9. The summed E-state index contributed by atoms with van der Waals surface area (Å²) in [5.41, 5.74) is 4.11. The van der Waals surface area contributed by atoms with Crippen LogP contribution in [-0.2, 0) is 45.7 Å². The molecule has 76 heavy (non-hydrogen) atoms. The van der Waals surface area contributed by atoms with Gasteiger partial charge in [-0.05, 0) is 101 Å². The molecule has 0 spiro atoms. The van der Waals surface area contributed by atoms with Crippen LogP contribution >= 0.6 is 11.6 Å². The average Bonchev–Trinajstić information content (AvgIpc) is 4.11. The third-order valence-electron chi connectivity index (χ3n) is 14.9. The number of carbonyl (C=O) groups excluding carboxylic acids is 3. The number of nitrogens with one attached hydrogen (secondary N) is 1. The number of likely N-dealkylation sites (tertiary alicyclic amines) is 1. The number of anilines is 2. The number of rotatable bonds is 11. The first-order valence-electron chi connectivity index (χ1n) is 24.9. The quantitative estimate of drug-likeness (QED) is 0.0662. The number of hydrogen-bond acceptors (Lipinski definition) is 15. The Bertz CT molecular complexity index is 3500.